The summed E-state index contributed by atoms with van der Waals surface area (Å²) in [6.07, 6.45) is 5.45. The molecular formula is C15H21N3O. The molecule has 1 aromatic heterocycles. The second-order valence-corrected chi connectivity index (χ2v) is 4.84. The summed E-state index contributed by atoms with van der Waals surface area (Å²) in [5, 5.41) is 18.1. The lowest BCUT2D eigenvalue weighted by Crippen LogP contribution is -2.00. The fraction of sp³-hybridized carbons (Fsp3) is 0.467. The Hall–Kier alpha value is -1.68. The van der Waals surface area contributed by atoms with Crippen molar-refractivity contribution in [3.63, 3.8) is 0 Å². The molecule has 0 aliphatic rings. The van der Waals surface area contributed by atoms with Crippen LogP contribution in [-0.2, 0) is 6.54 Å². The van der Waals surface area contributed by atoms with Gasteiger partial charge < -0.3 is 5.11 Å². The summed E-state index contributed by atoms with van der Waals surface area (Å²) in [6.45, 7) is 2.85. The topological polar surface area (TPSA) is 50.9 Å². The van der Waals surface area contributed by atoms with Crippen molar-refractivity contribution in [1.82, 2.24) is 15.0 Å². The van der Waals surface area contributed by atoms with Gasteiger partial charge in [0.2, 0.25) is 0 Å². The van der Waals surface area contributed by atoms with Crippen LogP contribution >= 0.6 is 0 Å². The Kier molecular flexibility index (Phi) is 5.10. The molecule has 0 aliphatic heterocycles. The predicted octanol–water partition coefficient (Wildman–Crippen LogP) is 2.94. The first kappa shape index (κ1) is 13.7. The molecule has 0 saturated carbocycles. The summed E-state index contributed by atoms with van der Waals surface area (Å²) < 4.78 is 1.77. The number of unbranched alkanes of at least 4 members (excludes halogenated alkanes) is 2. The van der Waals surface area contributed by atoms with Gasteiger partial charge >= 0.3 is 0 Å². The van der Waals surface area contributed by atoms with Crippen molar-refractivity contribution in [2.45, 2.75) is 45.3 Å². The van der Waals surface area contributed by atoms with E-state index in [9.17, 15) is 5.11 Å². The normalized spacial score (nSPS) is 12.5. The minimum Gasteiger partial charge on any atom is -0.387 e. The third-order valence-corrected chi connectivity index (χ3v) is 3.17. The molecule has 0 spiro atoms. The molecule has 0 fully saturated rings. The molecule has 2 aromatic rings. The van der Waals surface area contributed by atoms with Gasteiger partial charge in [-0.15, -0.1) is 5.10 Å². The highest BCUT2D eigenvalue weighted by Crippen LogP contribution is 2.17. The third-order valence-electron chi connectivity index (χ3n) is 3.17. The van der Waals surface area contributed by atoms with Gasteiger partial charge in [-0.3, -0.25) is 0 Å². The molecule has 0 bridgehead atoms. The summed E-state index contributed by atoms with van der Waals surface area (Å²) in [4.78, 5) is 0. The molecule has 0 amide bonds. The average molecular weight is 259 g/mol. The lowest BCUT2D eigenvalue weighted by atomic mass is 10.1. The van der Waals surface area contributed by atoms with Gasteiger partial charge in [0.25, 0.3) is 0 Å². The fourth-order valence-corrected chi connectivity index (χ4v) is 2.05. The van der Waals surface area contributed by atoms with E-state index in [4.69, 9.17) is 0 Å². The van der Waals surface area contributed by atoms with E-state index in [2.05, 4.69) is 29.4 Å². The molecule has 1 aromatic carbocycles. The lowest BCUT2D eigenvalue weighted by Gasteiger charge is -2.05. The van der Waals surface area contributed by atoms with E-state index >= 15 is 0 Å². The first-order valence-electron chi connectivity index (χ1n) is 6.91. The number of aliphatic hydroxyl groups excluding tert-OH is 1. The molecule has 102 valence electrons. The predicted molar refractivity (Wildman–Crippen MR) is 74.7 cm³/mol. The summed E-state index contributed by atoms with van der Waals surface area (Å²) in [5.74, 6) is 0. The Morgan fingerprint density at radius 1 is 1.21 bits per heavy atom. The van der Waals surface area contributed by atoms with Gasteiger partial charge in [-0.25, -0.2) is 4.68 Å². The number of hydrogen-bond donors (Lipinski definition) is 1. The van der Waals surface area contributed by atoms with Crippen LogP contribution in [0.25, 0.3) is 0 Å². The van der Waals surface area contributed by atoms with E-state index in [1.165, 1.54) is 5.56 Å². The highest BCUT2D eigenvalue weighted by Gasteiger charge is 2.11. The van der Waals surface area contributed by atoms with Gasteiger partial charge in [0, 0.05) is 0 Å². The second-order valence-electron chi connectivity index (χ2n) is 4.84. The molecule has 1 heterocycles. The number of benzene rings is 1. The van der Waals surface area contributed by atoms with Crippen LogP contribution in [-0.4, -0.2) is 20.1 Å². The fourth-order valence-electron chi connectivity index (χ4n) is 2.05. The van der Waals surface area contributed by atoms with Gasteiger partial charge in [-0.05, 0) is 12.0 Å². The molecule has 1 atom stereocenters. The van der Waals surface area contributed by atoms with Crippen molar-refractivity contribution >= 4 is 0 Å². The van der Waals surface area contributed by atoms with Crippen molar-refractivity contribution in [2.75, 3.05) is 0 Å². The maximum Gasteiger partial charge on any atom is 0.111 e. The lowest BCUT2D eigenvalue weighted by molar-refractivity contribution is 0.159. The standard InChI is InChI=1S/C15H21N3O/c1-2-3-5-10-15(19)14-12-18(17-16-14)11-13-8-6-4-7-9-13/h4,6-9,12,15,19H,2-3,5,10-11H2,1H3. The number of rotatable bonds is 7. The molecule has 4 nitrogen and oxygen atoms in total. The Morgan fingerprint density at radius 2 is 2.00 bits per heavy atom. The van der Waals surface area contributed by atoms with Crippen LogP contribution in [0.15, 0.2) is 36.5 Å². The van der Waals surface area contributed by atoms with Crippen molar-refractivity contribution in [1.29, 1.82) is 0 Å². The van der Waals surface area contributed by atoms with Crippen molar-refractivity contribution in [3.05, 3.63) is 47.8 Å². The molecule has 0 aliphatic carbocycles. The number of aromatic nitrogens is 3. The van der Waals surface area contributed by atoms with Gasteiger partial charge in [0.05, 0.1) is 18.8 Å². The van der Waals surface area contributed by atoms with Crippen LogP contribution in [0, 0.1) is 0 Å². The van der Waals surface area contributed by atoms with Crippen molar-refractivity contribution in [2.24, 2.45) is 0 Å². The zero-order valence-corrected chi connectivity index (χ0v) is 11.4. The molecular weight excluding hydrogens is 238 g/mol. The van der Waals surface area contributed by atoms with Gasteiger partial charge in [-0.1, -0.05) is 61.7 Å². The van der Waals surface area contributed by atoms with Crippen molar-refractivity contribution in [3.8, 4) is 0 Å². The maximum absolute atomic E-state index is 10.0. The molecule has 1 unspecified atom stereocenters. The number of hydrogen-bond acceptors (Lipinski definition) is 3. The van der Waals surface area contributed by atoms with Gasteiger partial charge in [0.15, 0.2) is 0 Å². The van der Waals surface area contributed by atoms with Crippen LogP contribution in [0.4, 0.5) is 0 Å². The van der Waals surface area contributed by atoms with Crippen LogP contribution in [0.1, 0.15) is 50.0 Å². The van der Waals surface area contributed by atoms with E-state index in [1.807, 2.05) is 24.4 Å². The maximum atomic E-state index is 10.0. The summed E-state index contributed by atoms with van der Waals surface area (Å²) in [6, 6.07) is 10.1. The molecule has 1 N–H and O–H groups in total. The average Bonchev–Trinajstić information content (AvgIpc) is 2.89. The largest absolute Gasteiger partial charge is 0.387 e. The van der Waals surface area contributed by atoms with E-state index < -0.39 is 6.10 Å². The quantitative estimate of drug-likeness (QED) is 0.778. The number of aliphatic hydroxyl groups is 1. The highest BCUT2D eigenvalue weighted by atomic mass is 16.3. The smallest absolute Gasteiger partial charge is 0.111 e. The van der Waals surface area contributed by atoms with E-state index in [1.54, 1.807) is 4.68 Å². The number of nitrogens with zero attached hydrogens (tertiary/aromatic N) is 3. The minimum atomic E-state index is -0.490. The highest BCUT2D eigenvalue weighted by molar-refractivity contribution is 5.15. The van der Waals surface area contributed by atoms with Crippen molar-refractivity contribution < 1.29 is 5.11 Å². The van der Waals surface area contributed by atoms with E-state index in [0.29, 0.717) is 12.2 Å². The minimum absolute atomic E-state index is 0.490. The Labute approximate surface area is 114 Å². The second kappa shape index (κ2) is 7.04. The first-order chi connectivity index (χ1) is 9.29. The van der Waals surface area contributed by atoms with Crippen LogP contribution < -0.4 is 0 Å². The molecule has 2 rings (SSSR count). The molecule has 0 radical (unpaired) electrons. The summed E-state index contributed by atoms with van der Waals surface area (Å²) >= 11 is 0. The van der Waals surface area contributed by atoms with E-state index in [0.717, 1.165) is 25.7 Å². The molecule has 0 saturated heterocycles. The summed E-state index contributed by atoms with van der Waals surface area (Å²) in [7, 11) is 0. The monoisotopic (exact) mass is 259 g/mol. The van der Waals surface area contributed by atoms with Gasteiger partial charge in [-0.2, -0.15) is 0 Å². The van der Waals surface area contributed by atoms with E-state index in [-0.39, 0.29) is 0 Å². The molecule has 4 heteroatoms. The zero-order valence-electron chi connectivity index (χ0n) is 11.4. The Morgan fingerprint density at radius 3 is 2.74 bits per heavy atom. The Balaban J connectivity index is 1.91. The Bertz CT molecular complexity index is 481. The van der Waals surface area contributed by atoms with Crippen LogP contribution in [0.2, 0.25) is 0 Å². The zero-order chi connectivity index (χ0) is 13.5. The molecule has 19 heavy (non-hydrogen) atoms. The van der Waals surface area contributed by atoms with Crippen LogP contribution in [0.5, 0.6) is 0 Å². The van der Waals surface area contributed by atoms with Gasteiger partial charge in [0.1, 0.15) is 5.69 Å². The third kappa shape index (κ3) is 4.17. The SMILES string of the molecule is CCCCCC(O)c1cn(Cc2ccccc2)nn1. The van der Waals surface area contributed by atoms with Crippen LogP contribution in [0.3, 0.4) is 0 Å². The summed E-state index contributed by atoms with van der Waals surface area (Å²) in [5.41, 5.74) is 1.85. The first-order valence-corrected chi connectivity index (χ1v) is 6.91.